The standard InChI is InChI=1S/C21H20O9S2/c1-27-15-6-4-14(5-7-15)8-9-31(23,24)13-32(25,26)20-12-17-18(29-3)10-16(28-2)11-19(17)30-21(20)22/h4-12H,13H2,1-3H3/b9-8+. The fraction of sp³-hybridized carbons (Fsp3) is 0.190. The van der Waals surface area contributed by atoms with E-state index in [9.17, 15) is 21.6 Å². The lowest BCUT2D eigenvalue weighted by Crippen LogP contribution is -2.21. The van der Waals surface area contributed by atoms with Crippen molar-refractivity contribution in [2.75, 3.05) is 26.4 Å². The third kappa shape index (κ3) is 5.11. The molecule has 0 unspecified atom stereocenters. The summed E-state index contributed by atoms with van der Waals surface area (Å²) in [4.78, 5) is 11.6. The maximum Gasteiger partial charge on any atom is 0.355 e. The highest BCUT2D eigenvalue weighted by atomic mass is 32.3. The molecular weight excluding hydrogens is 460 g/mol. The van der Waals surface area contributed by atoms with Gasteiger partial charge in [0.15, 0.2) is 29.7 Å². The Morgan fingerprint density at radius 3 is 2.12 bits per heavy atom. The highest BCUT2D eigenvalue weighted by molar-refractivity contribution is 8.09. The molecule has 0 atom stereocenters. The number of hydrogen-bond acceptors (Lipinski definition) is 9. The van der Waals surface area contributed by atoms with E-state index < -0.39 is 35.3 Å². The number of methoxy groups -OCH3 is 3. The van der Waals surface area contributed by atoms with Crippen molar-refractivity contribution in [1.29, 1.82) is 0 Å². The SMILES string of the molecule is COc1ccc(/C=C/S(=O)(=O)CS(=O)(=O)c2cc3c(OC)cc(OC)cc3oc2=O)cc1. The van der Waals surface area contributed by atoms with Gasteiger partial charge in [-0.05, 0) is 29.8 Å². The summed E-state index contributed by atoms with van der Waals surface area (Å²) >= 11 is 0. The molecule has 0 N–H and O–H groups in total. The minimum atomic E-state index is -4.55. The quantitative estimate of drug-likeness (QED) is 0.447. The van der Waals surface area contributed by atoms with E-state index in [-0.39, 0.29) is 16.7 Å². The molecule has 3 aromatic rings. The van der Waals surface area contributed by atoms with Crippen LogP contribution in [0.15, 0.2) is 62.0 Å². The predicted octanol–water partition coefficient (Wildman–Crippen LogP) is 2.64. The van der Waals surface area contributed by atoms with Crippen LogP contribution in [-0.4, -0.2) is 43.2 Å². The van der Waals surface area contributed by atoms with Gasteiger partial charge in [-0.25, -0.2) is 21.6 Å². The Hall–Kier alpha value is -3.31. The van der Waals surface area contributed by atoms with Crippen LogP contribution in [0.1, 0.15) is 5.56 Å². The highest BCUT2D eigenvalue weighted by Gasteiger charge is 2.27. The molecule has 9 nitrogen and oxygen atoms in total. The summed E-state index contributed by atoms with van der Waals surface area (Å²) < 4.78 is 70.8. The summed E-state index contributed by atoms with van der Waals surface area (Å²) in [5.74, 6) is 1.12. The van der Waals surface area contributed by atoms with Crippen molar-refractivity contribution in [2.45, 2.75) is 4.90 Å². The molecule has 0 fully saturated rings. The molecule has 0 bridgehead atoms. The molecule has 0 spiro atoms. The smallest absolute Gasteiger partial charge is 0.355 e. The first-order valence-corrected chi connectivity index (χ1v) is 12.4. The molecule has 1 aromatic heterocycles. The van der Waals surface area contributed by atoms with E-state index >= 15 is 0 Å². The fourth-order valence-corrected chi connectivity index (χ4v) is 6.37. The maximum atomic E-state index is 12.8. The molecular formula is C21H20O9S2. The summed E-state index contributed by atoms with van der Waals surface area (Å²) in [6, 6.07) is 10.4. The molecule has 0 saturated carbocycles. The van der Waals surface area contributed by atoms with Gasteiger partial charge in [-0.2, -0.15) is 0 Å². The van der Waals surface area contributed by atoms with E-state index in [1.807, 2.05) is 0 Å². The predicted molar refractivity (Wildman–Crippen MR) is 119 cm³/mol. The molecule has 3 rings (SSSR count). The van der Waals surface area contributed by atoms with Gasteiger partial charge in [0.1, 0.15) is 22.8 Å². The molecule has 0 radical (unpaired) electrons. The molecule has 1 heterocycles. The number of hydrogen-bond donors (Lipinski definition) is 0. The largest absolute Gasteiger partial charge is 0.497 e. The zero-order valence-corrected chi connectivity index (χ0v) is 19.0. The second-order valence-electron chi connectivity index (χ2n) is 6.61. The zero-order chi connectivity index (χ0) is 23.5. The Morgan fingerprint density at radius 2 is 1.53 bits per heavy atom. The number of sulfone groups is 2. The molecule has 0 aliphatic heterocycles. The first-order chi connectivity index (χ1) is 15.1. The molecule has 0 aliphatic carbocycles. The second kappa shape index (κ2) is 9.05. The molecule has 32 heavy (non-hydrogen) atoms. The molecule has 0 saturated heterocycles. The van der Waals surface area contributed by atoms with Gasteiger partial charge in [-0.15, -0.1) is 0 Å². The Kier molecular flexibility index (Phi) is 6.60. The maximum absolute atomic E-state index is 12.8. The van der Waals surface area contributed by atoms with E-state index in [1.165, 1.54) is 39.5 Å². The topological polar surface area (TPSA) is 126 Å². The molecule has 0 aliphatic rings. The Labute approximate surface area is 184 Å². The zero-order valence-electron chi connectivity index (χ0n) is 17.4. The summed E-state index contributed by atoms with van der Waals surface area (Å²) in [7, 11) is -4.53. The van der Waals surface area contributed by atoms with Gasteiger partial charge in [0, 0.05) is 17.5 Å². The van der Waals surface area contributed by atoms with E-state index in [1.54, 1.807) is 24.3 Å². The Balaban J connectivity index is 1.96. The van der Waals surface area contributed by atoms with Crippen LogP contribution in [0.3, 0.4) is 0 Å². The van der Waals surface area contributed by atoms with E-state index in [2.05, 4.69) is 0 Å². The monoisotopic (exact) mass is 480 g/mol. The molecule has 170 valence electrons. The van der Waals surface area contributed by atoms with Crippen LogP contribution < -0.4 is 19.8 Å². The van der Waals surface area contributed by atoms with Crippen molar-refractivity contribution in [3.8, 4) is 17.2 Å². The average Bonchev–Trinajstić information content (AvgIpc) is 2.75. The third-order valence-electron chi connectivity index (χ3n) is 4.45. The molecule has 0 amide bonds. The molecule has 11 heteroatoms. The average molecular weight is 481 g/mol. The third-order valence-corrected chi connectivity index (χ3v) is 8.51. The van der Waals surface area contributed by atoms with Crippen molar-refractivity contribution in [3.63, 3.8) is 0 Å². The Morgan fingerprint density at radius 1 is 0.875 bits per heavy atom. The lowest BCUT2D eigenvalue weighted by molar-refractivity contribution is 0.395. The van der Waals surface area contributed by atoms with Crippen molar-refractivity contribution < 1.29 is 35.5 Å². The second-order valence-corrected chi connectivity index (χ2v) is 10.8. The van der Waals surface area contributed by atoms with Crippen LogP contribution in [0.5, 0.6) is 17.2 Å². The summed E-state index contributed by atoms with van der Waals surface area (Å²) in [6.45, 7) is 0. The van der Waals surface area contributed by atoms with Gasteiger partial charge in [-0.3, -0.25) is 0 Å². The van der Waals surface area contributed by atoms with Gasteiger partial charge < -0.3 is 18.6 Å². The minimum Gasteiger partial charge on any atom is -0.497 e. The van der Waals surface area contributed by atoms with Gasteiger partial charge in [-0.1, -0.05) is 12.1 Å². The lowest BCUT2D eigenvalue weighted by Gasteiger charge is -2.09. The fourth-order valence-electron chi connectivity index (χ4n) is 2.86. The van der Waals surface area contributed by atoms with E-state index in [0.29, 0.717) is 17.1 Å². The van der Waals surface area contributed by atoms with Crippen LogP contribution in [0.25, 0.3) is 17.0 Å². The van der Waals surface area contributed by atoms with Crippen molar-refractivity contribution >= 4 is 36.7 Å². The van der Waals surface area contributed by atoms with Crippen LogP contribution in [0.4, 0.5) is 0 Å². The van der Waals surface area contributed by atoms with E-state index in [0.717, 1.165) is 11.5 Å². The van der Waals surface area contributed by atoms with Gasteiger partial charge in [0.2, 0.25) is 0 Å². The normalized spacial score (nSPS) is 12.2. The highest BCUT2D eigenvalue weighted by Crippen LogP contribution is 2.31. The van der Waals surface area contributed by atoms with Gasteiger partial charge in [0.05, 0.1) is 26.7 Å². The number of rotatable bonds is 8. The summed E-state index contributed by atoms with van der Waals surface area (Å²) in [5, 5.41) is -0.348. The first kappa shape index (κ1) is 23.4. The van der Waals surface area contributed by atoms with Crippen molar-refractivity contribution in [1.82, 2.24) is 0 Å². The number of fused-ring (bicyclic) bond motifs is 1. The number of ether oxygens (including phenoxy) is 3. The lowest BCUT2D eigenvalue weighted by atomic mass is 10.2. The van der Waals surface area contributed by atoms with Gasteiger partial charge in [0.25, 0.3) is 0 Å². The molecule has 2 aromatic carbocycles. The van der Waals surface area contributed by atoms with Crippen molar-refractivity contribution in [2.24, 2.45) is 0 Å². The minimum absolute atomic E-state index is 0.0346. The summed E-state index contributed by atoms with van der Waals surface area (Å²) in [6.07, 6.45) is 1.25. The Bertz CT molecular complexity index is 1430. The van der Waals surface area contributed by atoms with Crippen molar-refractivity contribution in [3.05, 3.63) is 63.9 Å². The van der Waals surface area contributed by atoms with Crippen LogP contribution in [-0.2, 0) is 19.7 Å². The van der Waals surface area contributed by atoms with Crippen LogP contribution in [0, 0.1) is 0 Å². The van der Waals surface area contributed by atoms with Crippen LogP contribution in [0.2, 0.25) is 0 Å². The van der Waals surface area contributed by atoms with E-state index in [4.69, 9.17) is 18.6 Å². The van der Waals surface area contributed by atoms with Crippen LogP contribution >= 0.6 is 0 Å². The van der Waals surface area contributed by atoms with Gasteiger partial charge >= 0.3 is 5.63 Å². The summed E-state index contributed by atoms with van der Waals surface area (Å²) in [5.41, 5.74) is -0.634. The first-order valence-electron chi connectivity index (χ1n) is 9.06. The number of benzene rings is 2.